The number of primary amides is 1. The van der Waals surface area contributed by atoms with Crippen molar-refractivity contribution < 1.29 is 34.2 Å². The van der Waals surface area contributed by atoms with E-state index in [4.69, 9.17) is 11.5 Å². The van der Waals surface area contributed by atoms with Gasteiger partial charge in [-0.25, -0.2) is 4.79 Å². The maximum Gasteiger partial charge on any atom is 0.326 e. The summed E-state index contributed by atoms with van der Waals surface area (Å²) in [5.74, 6) is -3.18. The molecule has 190 valence electrons. The number of amides is 4. The molecule has 0 aliphatic heterocycles. The van der Waals surface area contributed by atoms with Crippen molar-refractivity contribution >= 4 is 53.1 Å². The van der Waals surface area contributed by atoms with Crippen molar-refractivity contribution in [3.05, 3.63) is 0 Å². The second kappa shape index (κ2) is 16.6. The van der Waals surface area contributed by atoms with E-state index in [1.165, 1.54) is 30.4 Å². The average molecular weight is 510 g/mol. The fraction of sp³-hybridized carbons (Fsp3) is 0.737. The largest absolute Gasteiger partial charge is 0.480 e. The molecule has 0 saturated carbocycles. The Hall–Kier alpha value is -2.03. The molecule has 0 spiro atoms. The van der Waals surface area contributed by atoms with Crippen LogP contribution in [-0.4, -0.2) is 94.1 Å². The summed E-state index contributed by atoms with van der Waals surface area (Å²) in [4.78, 5) is 60.5. The van der Waals surface area contributed by atoms with Crippen molar-refractivity contribution in [2.24, 2.45) is 11.5 Å². The summed E-state index contributed by atoms with van der Waals surface area (Å²) in [6, 6.07) is -4.74. The zero-order chi connectivity index (χ0) is 25.6. The number of thioether (sulfide) groups is 2. The molecule has 14 heteroatoms. The Labute approximate surface area is 201 Å². The van der Waals surface area contributed by atoms with Crippen LogP contribution in [0.2, 0.25) is 0 Å². The van der Waals surface area contributed by atoms with Gasteiger partial charge >= 0.3 is 5.97 Å². The van der Waals surface area contributed by atoms with Crippen molar-refractivity contribution in [3.8, 4) is 0 Å². The van der Waals surface area contributed by atoms with Gasteiger partial charge in [0.05, 0.1) is 6.10 Å². The third kappa shape index (κ3) is 12.7. The zero-order valence-electron chi connectivity index (χ0n) is 19.0. The van der Waals surface area contributed by atoms with Crippen molar-refractivity contribution in [1.82, 2.24) is 16.0 Å². The first kappa shape index (κ1) is 31.0. The molecule has 0 aromatic carbocycles. The quantitative estimate of drug-likeness (QED) is 0.114. The lowest BCUT2D eigenvalue weighted by Crippen LogP contribution is -2.58. The number of carbonyl (C=O) groups excluding carboxylic acids is 4. The lowest BCUT2D eigenvalue weighted by molar-refractivity contribution is -0.142. The van der Waals surface area contributed by atoms with Crippen LogP contribution in [0.4, 0.5) is 0 Å². The molecular weight excluding hydrogens is 474 g/mol. The molecule has 4 amide bonds. The minimum absolute atomic E-state index is 0.155. The van der Waals surface area contributed by atoms with E-state index in [9.17, 15) is 34.2 Å². The number of carboxylic acids is 1. The highest BCUT2D eigenvalue weighted by Crippen LogP contribution is 2.07. The molecule has 0 bridgehead atoms. The fourth-order valence-corrected chi connectivity index (χ4v) is 3.53. The third-order valence-electron chi connectivity index (χ3n) is 4.60. The first-order valence-electron chi connectivity index (χ1n) is 10.3. The number of carboxylic acid groups (broad SMARTS) is 1. The molecule has 0 saturated heterocycles. The van der Waals surface area contributed by atoms with E-state index in [1.54, 1.807) is 6.26 Å². The van der Waals surface area contributed by atoms with Crippen molar-refractivity contribution in [1.29, 1.82) is 0 Å². The standard InChI is InChI=1S/C19H35N5O7S2/c1-10(25)15(21)18(29)23-12(6-8-32-2)17(28)22-11(4-5-14(20)26)16(27)24-13(19(30)31)7-9-33-3/h10-13,15,25H,4-9,21H2,1-3H3,(H2,20,26)(H,22,28)(H,23,29)(H,24,27)(H,30,31). The molecule has 5 atom stereocenters. The normalized spacial score (nSPS) is 15.4. The number of aliphatic hydroxyl groups excluding tert-OH is 1. The van der Waals surface area contributed by atoms with E-state index >= 15 is 0 Å². The van der Waals surface area contributed by atoms with Gasteiger partial charge in [-0.3, -0.25) is 19.2 Å². The van der Waals surface area contributed by atoms with Gasteiger partial charge in [0.2, 0.25) is 23.6 Å². The van der Waals surface area contributed by atoms with Crippen LogP contribution in [0.1, 0.15) is 32.6 Å². The van der Waals surface area contributed by atoms with E-state index in [0.29, 0.717) is 11.5 Å². The maximum atomic E-state index is 12.9. The lowest BCUT2D eigenvalue weighted by Gasteiger charge is -2.25. The van der Waals surface area contributed by atoms with E-state index in [2.05, 4.69) is 16.0 Å². The highest BCUT2D eigenvalue weighted by molar-refractivity contribution is 7.98. The van der Waals surface area contributed by atoms with Crippen LogP contribution in [0, 0.1) is 0 Å². The number of aliphatic carboxylic acids is 1. The molecule has 12 nitrogen and oxygen atoms in total. The third-order valence-corrected chi connectivity index (χ3v) is 5.89. The number of hydrogen-bond donors (Lipinski definition) is 7. The van der Waals surface area contributed by atoms with Crippen LogP contribution in [0.3, 0.4) is 0 Å². The molecule has 0 radical (unpaired) electrons. The number of nitrogens with one attached hydrogen (secondary N) is 3. The molecule has 0 aliphatic rings. The SMILES string of the molecule is CSCCC(NC(=O)C(CCC(N)=O)NC(=O)C(CCSC)NC(=O)C(N)C(C)O)C(=O)O. The summed E-state index contributed by atoms with van der Waals surface area (Å²) < 4.78 is 0. The molecule has 5 unspecified atom stereocenters. The van der Waals surface area contributed by atoms with Gasteiger partial charge in [0.1, 0.15) is 24.2 Å². The summed E-state index contributed by atoms with van der Waals surface area (Å²) in [7, 11) is 0. The van der Waals surface area contributed by atoms with E-state index in [0.717, 1.165) is 0 Å². The Bertz CT molecular complexity index is 681. The van der Waals surface area contributed by atoms with Gasteiger partial charge in [0, 0.05) is 6.42 Å². The second-order valence-electron chi connectivity index (χ2n) is 7.36. The number of nitrogens with two attached hydrogens (primary N) is 2. The van der Waals surface area contributed by atoms with Gasteiger partial charge in [-0.2, -0.15) is 23.5 Å². The lowest BCUT2D eigenvalue weighted by atomic mass is 10.1. The Kier molecular flexibility index (Phi) is 15.5. The monoisotopic (exact) mass is 509 g/mol. The van der Waals surface area contributed by atoms with Crippen LogP contribution >= 0.6 is 23.5 Å². The zero-order valence-corrected chi connectivity index (χ0v) is 20.7. The number of aliphatic hydroxyl groups is 1. The van der Waals surface area contributed by atoms with Crippen LogP contribution in [0.15, 0.2) is 0 Å². The Balaban J connectivity index is 5.49. The van der Waals surface area contributed by atoms with Crippen molar-refractivity contribution in [3.63, 3.8) is 0 Å². The molecular formula is C19H35N5O7S2. The molecule has 9 N–H and O–H groups in total. The number of carbonyl (C=O) groups is 5. The van der Waals surface area contributed by atoms with Gasteiger partial charge in [-0.05, 0) is 50.2 Å². The molecule has 0 aliphatic carbocycles. The number of hydrogen-bond acceptors (Lipinski definition) is 9. The second-order valence-corrected chi connectivity index (χ2v) is 9.33. The summed E-state index contributed by atoms with van der Waals surface area (Å²) in [6.45, 7) is 1.33. The van der Waals surface area contributed by atoms with Gasteiger partial charge in [-0.1, -0.05) is 0 Å². The van der Waals surface area contributed by atoms with Crippen molar-refractivity contribution in [2.75, 3.05) is 24.0 Å². The average Bonchev–Trinajstić information content (AvgIpc) is 2.75. The topological polar surface area (TPSA) is 214 Å². The molecule has 0 fully saturated rings. The molecule has 0 heterocycles. The first-order valence-corrected chi connectivity index (χ1v) is 13.1. The highest BCUT2D eigenvalue weighted by Gasteiger charge is 2.30. The molecule has 33 heavy (non-hydrogen) atoms. The van der Waals surface area contributed by atoms with Crippen molar-refractivity contribution in [2.45, 2.75) is 62.9 Å². The fourth-order valence-electron chi connectivity index (χ4n) is 2.58. The predicted molar refractivity (Wildman–Crippen MR) is 128 cm³/mol. The Morgan fingerprint density at radius 1 is 0.818 bits per heavy atom. The van der Waals surface area contributed by atoms with E-state index < -0.39 is 59.9 Å². The number of rotatable bonds is 17. The van der Waals surface area contributed by atoms with Gasteiger partial charge in [-0.15, -0.1) is 0 Å². The predicted octanol–water partition coefficient (Wildman–Crippen LogP) is -1.99. The van der Waals surface area contributed by atoms with E-state index in [1.807, 2.05) is 6.26 Å². The molecule has 0 rings (SSSR count). The van der Waals surface area contributed by atoms with Crippen LogP contribution in [-0.2, 0) is 24.0 Å². The van der Waals surface area contributed by atoms with Crippen LogP contribution < -0.4 is 27.4 Å². The molecule has 0 aromatic rings. The van der Waals surface area contributed by atoms with E-state index in [-0.39, 0.29) is 25.7 Å². The van der Waals surface area contributed by atoms with Crippen LogP contribution in [0.5, 0.6) is 0 Å². The summed E-state index contributed by atoms with van der Waals surface area (Å²) in [6.07, 6.45) is 2.46. The summed E-state index contributed by atoms with van der Waals surface area (Å²) in [5.41, 5.74) is 10.8. The minimum Gasteiger partial charge on any atom is -0.480 e. The maximum absolute atomic E-state index is 12.9. The minimum atomic E-state index is -1.25. The van der Waals surface area contributed by atoms with Gasteiger partial charge in [0.15, 0.2) is 0 Å². The first-order chi connectivity index (χ1) is 15.4. The smallest absolute Gasteiger partial charge is 0.326 e. The summed E-state index contributed by atoms with van der Waals surface area (Å²) in [5, 5.41) is 26.2. The van der Waals surface area contributed by atoms with Gasteiger partial charge in [0.25, 0.3) is 0 Å². The molecule has 0 aromatic heterocycles. The Morgan fingerprint density at radius 3 is 1.67 bits per heavy atom. The summed E-state index contributed by atoms with van der Waals surface area (Å²) >= 11 is 2.84. The Morgan fingerprint density at radius 2 is 1.24 bits per heavy atom. The highest BCUT2D eigenvalue weighted by atomic mass is 32.2. The van der Waals surface area contributed by atoms with Crippen LogP contribution in [0.25, 0.3) is 0 Å². The van der Waals surface area contributed by atoms with Gasteiger partial charge < -0.3 is 37.6 Å².